The molecule has 41 heavy (non-hydrogen) atoms. The lowest BCUT2D eigenvalue weighted by molar-refractivity contribution is -0.149. The summed E-state index contributed by atoms with van der Waals surface area (Å²) in [6.45, 7) is 3.48. The third-order valence-electron chi connectivity index (χ3n) is 8.88. The first-order valence-electron chi connectivity index (χ1n) is 14.3. The number of carboxylic acid groups (broad SMARTS) is 1. The summed E-state index contributed by atoms with van der Waals surface area (Å²) >= 11 is 0. The van der Waals surface area contributed by atoms with Crippen molar-refractivity contribution in [3.63, 3.8) is 0 Å². The van der Waals surface area contributed by atoms with Crippen LogP contribution in [0.3, 0.4) is 0 Å². The SMILES string of the molecule is CC(=O)c1nn2c3c(cc(-c4cnc(C)nc4)cc13)CCCCCCC(=O)NC[C@@]13C[C@@H](C(=O)O)N(C(=O)C2)[C@@H]1C3. The second-order valence-electron chi connectivity index (χ2n) is 11.7. The molecule has 214 valence electrons. The van der Waals surface area contributed by atoms with Gasteiger partial charge in [0, 0.05) is 54.7 Å². The van der Waals surface area contributed by atoms with Crippen molar-refractivity contribution in [2.24, 2.45) is 5.41 Å². The van der Waals surface area contributed by atoms with E-state index in [1.165, 1.54) is 11.8 Å². The van der Waals surface area contributed by atoms with E-state index < -0.39 is 17.4 Å². The van der Waals surface area contributed by atoms with Crippen molar-refractivity contribution in [3.05, 3.63) is 41.6 Å². The van der Waals surface area contributed by atoms with Gasteiger partial charge in [-0.2, -0.15) is 5.10 Å². The molecule has 2 aromatic heterocycles. The molecule has 2 amide bonds. The van der Waals surface area contributed by atoms with E-state index in [1.54, 1.807) is 17.1 Å². The Morgan fingerprint density at radius 1 is 1.02 bits per heavy atom. The fourth-order valence-corrected chi connectivity index (χ4v) is 6.66. The molecule has 0 spiro atoms. The standard InChI is InChI=1S/C30H34N6O5/c1-17(37)27-22-10-20(21-13-31-18(2)32-14-21)9-19-7-5-3-4-6-8-25(38)33-16-30-11-23(29(40)41)36(24(30)12-30)26(39)15-35(34-27)28(19)22/h9-10,13-14,23-24H,3-8,11-12,15-16H2,1-2H3,(H,33,38)(H,40,41)/t23-,24+,30-/m0/s1. The lowest BCUT2D eigenvalue weighted by atomic mass is 9.96. The van der Waals surface area contributed by atoms with E-state index in [9.17, 15) is 24.3 Å². The Morgan fingerprint density at radius 2 is 1.76 bits per heavy atom. The van der Waals surface area contributed by atoms with Gasteiger partial charge in [0.1, 0.15) is 24.1 Å². The lowest BCUT2D eigenvalue weighted by Crippen LogP contribution is -2.44. The van der Waals surface area contributed by atoms with Gasteiger partial charge in [-0.05, 0) is 62.3 Å². The minimum absolute atomic E-state index is 0.0300. The molecule has 2 aliphatic heterocycles. The number of carbonyl (C=O) groups excluding carboxylic acids is 3. The number of carbonyl (C=O) groups is 4. The van der Waals surface area contributed by atoms with E-state index in [2.05, 4.69) is 20.4 Å². The molecular weight excluding hydrogens is 524 g/mol. The number of nitrogens with one attached hydrogen (secondary N) is 1. The molecule has 4 heterocycles. The Morgan fingerprint density at radius 3 is 2.46 bits per heavy atom. The number of aromatic nitrogens is 4. The number of amides is 2. The quantitative estimate of drug-likeness (QED) is 0.466. The van der Waals surface area contributed by atoms with Crippen LogP contribution >= 0.6 is 0 Å². The molecule has 1 saturated heterocycles. The van der Waals surface area contributed by atoms with Gasteiger partial charge in [0.05, 0.1) is 5.52 Å². The van der Waals surface area contributed by atoms with Gasteiger partial charge in [-0.25, -0.2) is 14.8 Å². The van der Waals surface area contributed by atoms with Crippen LogP contribution in [0.1, 0.15) is 73.7 Å². The number of aliphatic carboxylic acids is 1. The van der Waals surface area contributed by atoms with Crippen LogP contribution in [0, 0.1) is 12.3 Å². The molecule has 11 heteroatoms. The fraction of sp³-hybridized carbons (Fsp3) is 0.500. The summed E-state index contributed by atoms with van der Waals surface area (Å²) in [5.41, 5.74) is 3.21. The summed E-state index contributed by atoms with van der Waals surface area (Å²) in [4.78, 5) is 61.4. The average Bonchev–Trinajstić information content (AvgIpc) is 3.34. The summed E-state index contributed by atoms with van der Waals surface area (Å²) in [7, 11) is 0. The van der Waals surface area contributed by atoms with E-state index in [1.807, 2.05) is 19.1 Å². The highest BCUT2D eigenvalue weighted by molar-refractivity contribution is 6.07. The second-order valence-corrected chi connectivity index (χ2v) is 11.7. The van der Waals surface area contributed by atoms with Gasteiger partial charge in [0.15, 0.2) is 5.78 Å². The summed E-state index contributed by atoms with van der Waals surface area (Å²) in [6.07, 6.45) is 9.05. The number of Topliss-reactive ketones (excluding diaryl/α,β-unsaturated/α-hetero) is 1. The Labute approximate surface area is 237 Å². The molecule has 1 aromatic carbocycles. The number of hydrogen-bond donors (Lipinski definition) is 2. The van der Waals surface area contributed by atoms with E-state index >= 15 is 0 Å². The van der Waals surface area contributed by atoms with E-state index in [4.69, 9.17) is 0 Å². The van der Waals surface area contributed by atoms with Crippen molar-refractivity contribution in [2.45, 2.75) is 83.8 Å². The molecular formula is C30H34N6O5. The van der Waals surface area contributed by atoms with Crippen molar-refractivity contribution < 1.29 is 24.3 Å². The van der Waals surface area contributed by atoms with Crippen molar-refractivity contribution in [2.75, 3.05) is 6.54 Å². The number of carboxylic acids is 1. The summed E-state index contributed by atoms with van der Waals surface area (Å²) in [6, 6.07) is 2.75. The Hall–Kier alpha value is -4.15. The van der Waals surface area contributed by atoms with Crippen LogP contribution in [0.15, 0.2) is 24.5 Å². The van der Waals surface area contributed by atoms with E-state index in [-0.39, 0.29) is 35.9 Å². The Kier molecular flexibility index (Phi) is 6.83. The second kappa shape index (κ2) is 10.4. The molecule has 0 radical (unpaired) electrons. The molecule has 2 fully saturated rings. The molecule has 1 aliphatic carbocycles. The van der Waals surface area contributed by atoms with Crippen LogP contribution in [0.5, 0.6) is 0 Å². The molecule has 2 bridgehead atoms. The third-order valence-corrected chi connectivity index (χ3v) is 8.88. The molecule has 2 N–H and O–H groups in total. The van der Waals surface area contributed by atoms with Gasteiger partial charge < -0.3 is 15.3 Å². The summed E-state index contributed by atoms with van der Waals surface area (Å²) in [5.74, 6) is -0.986. The first-order chi connectivity index (χ1) is 19.7. The zero-order valence-electron chi connectivity index (χ0n) is 23.4. The van der Waals surface area contributed by atoms with E-state index in [0.29, 0.717) is 43.4 Å². The van der Waals surface area contributed by atoms with E-state index in [0.717, 1.165) is 47.9 Å². The number of nitrogens with zero attached hydrogens (tertiary/aromatic N) is 5. The predicted molar refractivity (Wildman–Crippen MR) is 149 cm³/mol. The molecule has 1 saturated carbocycles. The van der Waals surface area contributed by atoms with Gasteiger partial charge in [0.25, 0.3) is 0 Å². The smallest absolute Gasteiger partial charge is 0.326 e. The van der Waals surface area contributed by atoms with Gasteiger partial charge in [-0.1, -0.05) is 12.8 Å². The highest BCUT2D eigenvalue weighted by Gasteiger charge is 2.67. The van der Waals surface area contributed by atoms with Crippen molar-refractivity contribution in [1.29, 1.82) is 0 Å². The number of benzene rings is 1. The molecule has 0 unspecified atom stereocenters. The van der Waals surface area contributed by atoms with Gasteiger partial charge in [-0.3, -0.25) is 19.1 Å². The highest BCUT2D eigenvalue weighted by atomic mass is 16.4. The zero-order valence-corrected chi connectivity index (χ0v) is 23.4. The van der Waals surface area contributed by atoms with Crippen molar-refractivity contribution in [3.8, 4) is 11.1 Å². The van der Waals surface area contributed by atoms with Crippen LogP contribution in [0.25, 0.3) is 22.0 Å². The molecule has 3 atom stereocenters. The summed E-state index contributed by atoms with van der Waals surface area (Å²) < 4.78 is 1.58. The normalized spacial score (nSPS) is 25.0. The minimum Gasteiger partial charge on any atom is -0.480 e. The number of aryl methyl sites for hydroxylation is 2. The first kappa shape index (κ1) is 27.0. The number of hydrogen-bond acceptors (Lipinski definition) is 7. The maximum absolute atomic E-state index is 13.8. The predicted octanol–water partition coefficient (Wildman–Crippen LogP) is 3.07. The van der Waals surface area contributed by atoms with Crippen LogP contribution in [0.2, 0.25) is 0 Å². The Bertz CT molecular complexity index is 1560. The van der Waals surface area contributed by atoms with Crippen LogP contribution in [0.4, 0.5) is 0 Å². The number of piperidine rings is 1. The molecule has 6 rings (SSSR count). The maximum Gasteiger partial charge on any atom is 0.326 e. The maximum atomic E-state index is 13.8. The largest absolute Gasteiger partial charge is 0.480 e. The highest BCUT2D eigenvalue weighted by Crippen LogP contribution is 2.59. The number of ketones is 1. The third kappa shape index (κ3) is 4.98. The first-order valence-corrected chi connectivity index (χ1v) is 14.3. The van der Waals surface area contributed by atoms with Gasteiger partial charge in [0.2, 0.25) is 11.8 Å². The lowest BCUT2D eigenvalue weighted by Gasteiger charge is -2.24. The van der Waals surface area contributed by atoms with Crippen molar-refractivity contribution in [1.82, 2.24) is 30.0 Å². The van der Waals surface area contributed by atoms with Gasteiger partial charge in [-0.15, -0.1) is 0 Å². The zero-order chi connectivity index (χ0) is 28.9. The fourth-order valence-electron chi connectivity index (χ4n) is 6.66. The topological polar surface area (TPSA) is 147 Å². The minimum atomic E-state index is -1.05. The van der Waals surface area contributed by atoms with Crippen molar-refractivity contribution >= 4 is 34.5 Å². The Balaban J connectivity index is 1.44. The van der Waals surface area contributed by atoms with Crippen LogP contribution in [-0.2, 0) is 27.3 Å². The van der Waals surface area contributed by atoms with Crippen LogP contribution in [-0.4, -0.2) is 72.0 Å². The van der Waals surface area contributed by atoms with Gasteiger partial charge >= 0.3 is 5.97 Å². The molecule has 11 nitrogen and oxygen atoms in total. The number of rotatable bonds is 3. The summed E-state index contributed by atoms with van der Waals surface area (Å²) in [5, 5.41) is 18.3. The van der Waals surface area contributed by atoms with Crippen LogP contribution < -0.4 is 5.32 Å². The molecule has 3 aromatic rings. The molecule has 3 aliphatic rings. The monoisotopic (exact) mass is 558 g/mol. The average molecular weight is 559 g/mol.